The van der Waals surface area contributed by atoms with Crippen LogP contribution in [0.1, 0.15) is 26.7 Å². The number of nitrogens with zero attached hydrogens (tertiary/aromatic N) is 2. The molecule has 0 saturated carbocycles. The monoisotopic (exact) mass is 408 g/mol. The van der Waals surface area contributed by atoms with Crippen LogP contribution < -0.4 is 11.1 Å². The maximum atomic E-state index is 8.87. The lowest BCUT2D eigenvalue weighted by Gasteiger charge is -2.18. The van der Waals surface area contributed by atoms with Crippen LogP contribution in [0, 0.1) is 0 Å². The summed E-state index contributed by atoms with van der Waals surface area (Å²) in [7, 11) is 1.72. The highest BCUT2D eigenvalue weighted by atomic mass is 16.5. The summed E-state index contributed by atoms with van der Waals surface area (Å²) in [6.07, 6.45) is 21.8. The molecule has 2 rings (SSSR count). The Balaban J connectivity index is 2.26. The van der Waals surface area contributed by atoms with E-state index in [1.54, 1.807) is 7.05 Å². The molecule has 6 nitrogen and oxygen atoms in total. The molecule has 30 heavy (non-hydrogen) atoms. The molecule has 0 aromatic carbocycles. The number of ether oxygens (including phenoxy) is 1. The molecule has 0 bridgehead atoms. The van der Waals surface area contributed by atoms with Gasteiger partial charge >= 0.3 is 0 Å². The second-order valence-electron chi connectivity index (χ2n) is 6.79. The highest BCUT2D eigenvalue weighted by Gasteiger charge is 2.16. The molecule has 1 unspecified atom stereocenters. The summed E-state index contributed by atoms with van der Waals surface area (Å²) in [4.78, 5) is 9.08. The number of hydrogen-bond acceptors (Lipinski definition) is 6. The molecule has 2 aliphatic carbocycles. The fraction of sp³-hybridized carbons (Fsp3) is 0.333. The summed E-state index contributed by atoms with van der Waals surface area (Å²) in [5.41, 5.74) is 10.8. The van der Waals surface area contributed by atoms with Crippen molar-refractivity contribution in [1.29, 1.82) is 0 Å². The lowest BCUT2D eigenvalue weighted by molar-refractivity contribution is 0.0641. The van der Waals surface area contributed by atoms with E-state index in [1.165, 1.54) is 0 Å². The number of rotatable bonds is 8. The summed E-state index contributed by atoms with van der Waals surface area (Å²) in [5, 5.41) is 12.3. The largest absolute Gasteiger partial charge is 0.397 e. The highest BCUT2D eigenvalue weighted by Crippen LogP contribution is 2.15. The Morgan fingerprint density at radius 3 is 2.83 bits per heavy atom. The highest BCUT2D eigenvalue weighted by molar-refractivity contribution is 6.51. The van der Waals surface area contributed by atoms with E-state index < -0.39 is 0 Å². The van der Waals surface area contributed by atoms with Crippen molar-refractivity contribution in [2.24, 2.45) is 15.7 Å². The molecular weight excluding hydrogens is 376 g/mol. The molecular formula is C24H32N4O2. The standard InChI is InChI=1S/C24H32N4O2/c1-4-19(13-12-18(2)30-15-14-29)27-24-17-22(21(25)16-23(24)26-3)28-20-10-8-6-5-7-9-11-20/h4,6,8-13,16-18,28-29H,5,7,14-15,25H2,1-3H3/b8-6-,11-9?,13-12-,19-4+,20-10+,26-23?,27-24?. The van der Waals surface area contributed by atoms with Gasteiger partial charge in [0.25, 0.3) is 0 Å². The third kappa shape index (κ3) is 7.46. The van der Waals surface area contributed by atoms with Crippen LogP contribution >= 0.6 is 0 Å². The number of aliphatic hydroxyl groups is 1. The van der Waals surface area contributed by atoms with Gasteiger partial charge in [0, 0.05) is 12.7 Å². The zero-order valence-electron chi connectivity index (χ0n) is 18.0. The predicted octanol–water partition coefficient (Wildman–Crippen LogP) is 3.48. The van der Waals surface area contributed by atoms with Crippen LogP contribution in [0.4, 0.5) is 0 Å². The van der Waals surface area contributed by atoms with Gasteiger partial charge in [-0.2, -0.15) is 0 Å². The van der Waals surface area contributed by atoms with Gasteiger partial charge in [-0.25, -0.2) is 4.99 Å². The van der Waals surface area contributed by atoms with Crippen LogP contribution in [0.25, 0.3) is 0 Å². The predicted molar refractivity (Wildman–Crippen MR) is 125 cm³/mol. The van der Waals surface area contributed by atoms with Gasteiger partial charge in [-0.15, -0.1) is 0 Å². The zero-order valence-corrected chi connectivity index (χ0v) is 18.0. The fourth-order valence-electron chi connectivity index (χ4n) is 2.80. The molecule has 2 aliphatic rings. The molecule has 1 atom stereocenters. The van der Waals surface area contributed by atoms with Crippen LogP contribution in [0.3, 0.4) is 0 Å². The molecule has 0 amide bonds. The van der Waals surface area contributed by atoms with Gasteiger partial charge in [0.05, 0.1) is 47.8 Å². The summed E-state index contributed by atoms with van der Waals surface area (Å²) >= 11 is 0. The van der Waals surface area contributed by atoms with Crippen LogP contribution in [0.5, 0.6) is 0 Å². The Morgan fingerprint density at radius 1 is 1.30 bits per heavy atom. The molecule has 0 heterocycles. The molecule has 6 heteroatoms. The van der Waals surface area contributed by atoms with Crippen LogP contribution in [-0.2, 0) is 4.74 Å². The number of nitrogens with one attached hydrogen (secondary N) is 1. The minimum atomic E-state index is -0.118. The Labute approximate surface area is 179 Å². The summed E-state index contributed by atoms with van der Waals surface area (Å²) in [6.45, 7) is 4.16. The van der Waals surface area contributed by atoms with E-state index >= 15 is 0 Å². The Hall–Kier alpha value is -2.96. The molecule has 0 aromatic heterocycles. The van der Waals surface area contributed by atoms with E-state index in [4.69, 9.17) is 20.6 Å². The van der Waals surface area contributed by atoms with Crippen molar-refractivity contribution < 1.29 is 9.84 Å². The first kappa shape index (κ1) is 23.3. The van der Waals surface area contributed by atoms with Crippen molar-refractivity contribution in [2.45, 2.75) is 32.8 Å². The van der Waals surface area contributed by atoms with Crippen molar-refractivity contribution in [3.63, 3.8) is 0 Å². The summed E-state index contributed by atoms with van der Waals surface area (Å²) in [6, 6.07) is 0. The van der Waals surface area contributed by atoms with E-state index in [0.717, 1.165) is 41.4 Å². The van der Waals surface area contributed by atoms with Crippen molar-refractivity contribution in [2.75, 3.05) is 20.3 Å². The molecule has 160 valence electrons. The topological polar surface area (TPSA) is 92.2 Å². The maximum absolute atomic E-state index is 8.87. The van der Waals surface area contributed by atoms with Gasteiger partial charge in [-0.1, -0.05) is 30.4 Å². The van der Waals surface area contributed by atoms with Crippen molar-refractivity contribution in [3.8, 4) is 0 Å². The van der Waals surface area contributed by atoms with Crippen LogP contribution in [-0.4, -0.2) is 42.9 Å². The van der Waals surface area contributed by atoms with Crippen molar-refractivity contribution in [1.82, 2.24) is 5.32 Å². The minimum absolute atomic E-state index is 0.00300. The number of aliphatic imine (C=N–C) groups is 2. The lowest BCUT2D eigenvalue weighted by atomic mass is 10.0. The number of hydrogen-bond donors (Lipinski definition) is 3. The zero-order chi connectivity index (χ0) is 21.8. The Morgan fingerprint density at radius 2 is 2.10 bits per heavy atom. The third-order valence-electron chi connectivity index (χ3n) is 4.43. The van der Waals surface area contributed by atoms with Gasteiger partial charge in [-0.3, -0.25) is 4.99 Å². The maximum Gasteiger partial charge on any atom is 0.0910 e. The molecule has 0 aromatic rings. The van der Waals surface area contributed by atoms with Crippen molar-refractivity contribution in [3.05, 3.63) is 83.5 Å². The fourth-order valence-corrected chi connectivity index (χ4v) is 2.80. The molecule has 0 radical (unpaired) electrons. The Bertz CT molecular complexity index is 868. The first-order valence-corrected chi connectivity index (χ1v) is 10.2. The molecule has 0 aliphatic heterocycles. The van der Waals surface area contributed by atoms with E-state index in [9.17, 15) is 0 Å². The van der Waals surface area contributed by atoms with Crippen LogP contribution in [0.15, 0.2) is 93.5 Å². The second kappa shape index (κ2) is 12.6. The van der Waals surface area contributed by atoms with Gasteiger partial charge in [0.15, 0.2) is 0 Å². The van der Waals surface area contributed by atoms with E-state index in [2.05, 4.69) is 28.5 Å². The molecule has 4 N–H and O–H groups in total. The first-order chi connectivity index (χ1) is 14.6. The summed E-state index contributed by atoms with van der Waals surface area (Å²) in [5.74, 6) is 0. The number of allylic oxidation sites excluding steroid dienone is 9. The van der Waals surface area contributed by atoms with Gasteiger partial charge in [0.1, 0.15) is 0 Å². The average molecular weight is 409 g/mol. The van der Waals surface area contributed by atoms with E-state index in [-0.39, 0.29) is 12.7 Å². The van der Waals surface area contributed by atoms with Gasteiger partial charge in [0.2, 0.25) is 0 Å². The first-order valence-electron chi connectivity index (χ1n) is 10.2. The minimum Gasteiger partial charge on any atom is -0.397 e. The van der Waals surface area contributed by atoms with Crippen molar-refractivity contribution >= 4 is 11.4 Å². The van der Waals surface area contributed by atoms with Gasteiger partial charge in [-0.05, 0) is 57.1 Å². The molecule has 0 saturated heterocycles. The number of nitrogens with two attached hydrogens (primary N) is 1. The average Bonchev–Trinajstić information content (AvgIpc) is 2.72. The van der Waals surface area contributed by atoms with E-state index in [0.29, 0.717) is 12.3 Å². The van der Waals surface area contributed by atoms with E-state index in [1.807, 2.05) is 56.4 Å². The normalized spacial score (nSPS) is 24.1. The summed E-state index contributed by atoms with van der Waals surface area (Å²) < 4.78 is 5.45. The molecule has 0 spiro atoms. The smallest absolute Gasteiger partial charge is 0.0910 e. The quantitative estimate of drug-likeness (QED) is 0.423. The lowest BCUT2D eigenvalue weighted by Crippen LogP contribution is -2.26. The SMILES string of the molecule is C/C=C(\C=C/C(C)OCCO)N=C1C=C(N/C2=C/C=C\CCC=C2)C(N)=CC1=NC. The Kier molecular flexibility index (Phi) is 9.77. The number of aliphatic hydroxyl groups excluding tert-OH is 1. The van der Waals surface area contributed by atoms with Crippen LogP contribution in [0.2, 0.25) is 0 Å². The second-order valence-corrected chi connectivity index (χ2v) is 6.79. The molecule has 0 fully saturated rings. The van der Waals surface area contributed by atoms with Gasteiger partial charge < -0.3 is 20.9 Å². The third-order valence-corrected chi connectivity index (χ3v) is 4.43.